The highest BCUT2D eigenvalue weighted by Gasteiger charge is 2.23. The van der Waals surface area contributed by atoms with Gasteiger partial charge in [0.1, 0.15) is 16.7 Å². The van der Waals surface area contributed by atoms with Crippen LogP contribution in [0.15, 0.2) is 63.5 Å². The molecule has 0 fully saturated rings. The summed E-state index contributed by atoms with van der Waals surface area (Å²) in [6.07, 6.45) is 6.71. The van der Waals surface area contributed by atoms with Crippen molar-refractivity contribution in [1.29, 1.82) is 0 Å². The van der Waals surface area contributed by atoms with Gasteiger partial charge in [-0.25, -0.2) is 19.0 Å². The summed E-state index contributed by atoms with van der Waals surface area (Å²) in [4.78, 5) is 36.7. The first-order valence-electron chi connectivity index (χ1n) is 12.9. The quantitative estimate of drug-likeness (QED) is 0.331. The van der Waals surface area contributed by atoms with Crippen LogP contribution in [0.1, 0.15) is 43.7 Å². The Kier molecular flexibility index (Phi) is 7.65. The van der Waals surface area contributed by atoms with E-state index in [0.717, 1.165) is 17.8 Å². The fourth-order valence-corrected chi connectivity index (χ4v) is 5.35. The lowest BCUT2D eigenvalue weighted by atomic mass is 9.98. The second-order valence-corrected chi connectivity index (χ2v) is 10.4. The Balaban J connectivity index is 1.50. The van der Waals surface area contributed by atoms with E-state index in [1.54, 1.807) is 47.6 Å². The van der Waals surface area contributed by atoms with Gasteiger partial charge in [0, 0.05) is 47.6 Å². The Hall–Kier alpha value is -4.18. The van der Waals surface area contributed by atoms with Crippen molar-refractivity contribution in [2.24, 2.45) is 10.7 Å². The van der Waals surface area contributed by atoms with E-state index in [1.165, 1.54) is 22.1 Å². The number of fused-ring (bicyclic) bond motifs is 2. The third kappa shape index (κ3) is 5.51. The normalized spacial score (nSPS) is 13.0. The number of amides is 1. The minimum Gasteiger partial charge on any atom is -0.387 e. The molecule has 1 aliphatic rings. The van der Waals surface area contributed by atoms with Crippen molar-refractivity contribution in [3.05, 3.63) is 80.4 Å². The Bertz CT molecular complexity index is 1650. The van der Waals surface area contributed by atoms with E-state index in [4.69, 9.17) is 5.73 Å². The molecule has 4 aromatic rings. The number of hydrogen-bond acceptors (Lipinski definition) is 7. The molecule has 2 N–H and O–H groups in total. The van der Waals surface area contributed by atoms with Gasteiger partial charge in [-0.2, -0.15) is 5.10 Å². The Morgan fingerprint density at radius 3 is 2.67 bits per heavy atom. The summed E-state index contributed by atoms with van der Waals surface area (Å²) in [5, 5.41) is 8.11. The van der Waals surface area contributed by atoms with Crippen molar-refractivity contribution in [2.45, 2.75) is 39.7 Å². The lowest BCUT2D eigenvalue weighted by molar-refractivity contribution is -0.127. The van der Waals surface area contributed by atoms with Crippen molar-refractivity contribution >= 4 is 45.6 Å². The number of aliphatic imine (C=N–C) groups is 1. The third-order valence-electron chi connectivity index (χ3n) is 6.57. The van der Waals surface area contributed by atoms with E-state index in [1.807, 2.05) is 19.2 Å². The second-order valence-electron chi connectivity index (χ2n) is 9.47. The van der Waals surface area contributed by atoms with Crippen LogP contribution >= 0.6 is 11.3 Å². The maximum atomic E-state index is 15.5. The molecule has 1 aliphatic heterocycles. The van der Waals surface area contributed by atoms with Gasteiger partial charge in [-0.3, -0.25) is 9.59 Å². The van der Waals surface area contributed by atoms with Gasteiger partial charge in [-0.15, -0.1) is 11.3 Å². The summed E-state index contributed by atoms with van der Waals surface area (Å²) >= 11 is 1.46. The maximum Gasteiger partial charge on any atom is 0.275 e. The molecule has 3 heterocycles. The van der Waals surface area contributed by atoms with Crippen molar-refractivity contribution in [3.63, 3.8) is 0 Å². The molecule has 10 heteroatoms. The zero-order chi connectivity index (χ0) is 27.5. The Morgan fingerprint density at radius 2 is 1.95 bits per heavy atom. The number of amidine groups is 1. The predicted octanol–water partition coefficient (Wildman–Crippen LogP) is 5.13. The highest BCUT2D eigenvalue weighted by Crippen LogP contribution is 2.35. The molecular formula is C29H29FN6O2S. The molecule has 0 radical (unpaired) electrons. The zero-order valence-corrected chi connectivity index (χ0v) is 22.7. The number of benzene rings is 2. The van der Waals surface area contributed by atoms with Crippen molar-refractivity contribution in [1.82, 2.24) is 19.7 Å². The summed E-state index contributed by atoms with van der Waals surface area (Å²) < 4.78 is 16.9. The minimum absolute atomic E-state index is 0.143. The highest BCUT2D eigenvalue weighted by atomic mass is 32.1. The molecule has 39 heavy (non-hydrogen) atoms. The van der Waals surface area contributed by atoms with E-state index >= 15 is 4.39 Å². The van der Waals surface area contributed by atoms with Crippen LogP contribution < -0.4 is 11.3 Å². The molecule has 0 bridgehead atoms. The number of nitrogens with zero attached hydrogens (tertiary/aromatic N) is 5. The topological polar surface area (TPSA) is 106 Å². The first kappa shape index (κ1) is 26.4. The van der Waals surface area contributed by atoms with Gasteiger partial charge < -0.3 is 10.6 Å². The molecule has 0 saturated carbocycles. The van der Waals surface area contributed by atoms with Gasteiger partial charge in [-0.1, -0.05) is 19.9 Å². The monoisotopic (exact) mass is 544 g/mol. The van der Waals surface area contributed by atoms with E-state index in [0.29, 0.717) is 52.8 Å². The second kappa shape index (κ2) is 11.3. The Morgan fingerprint density at radius 1 is 1.15 bits per heavy atom. The van der Waals surface area contributed by atoms with Crippen LogP contribution in [-0.2, 0) is 11.3 Å². The van der Waals surface area contributed by atoms with Crippen LogP contribution in [-0.4, -0.2) is 44.5 Å². The molecule has 200 valence electrons. The highest BCUT2D eigenvalue weighted by molar-refractivity contribution is 7.09. The van der Waals surface area contributed by atoms with Gasteiger partial charge in [0.2, 0.25) is 5.91 Å². The van der Waals surface area contributed by atoms with Crippen LogP contribution in [0.4, 0.5) is 10.1 Å². The SMILES string of the molecule is CCCN(CCC)C(=O)C1=Cc2c(F)cc(-c3ccc4c(=O)n(Cc5nccs5)ncc4c3)cc2N=C(N)C1. The average molecular weight is 545 g/mol. The van der Waals surface area contributed by atoms with Crippen LogP contribution in [0.5, 0.6) is 0 Å². The van der Waals surface area contributed by atoms with Gasteiger partial charge in [0.25, 0.3) is 5.56 Å². The van der Waals surface area contributed by atoms with Gasteiger partial charge >= 0.3 is 0 Å². The molecule has 1 amide bonds. The van der Waals surface area contributed by atoms with Crippen LogP contribution in [0.25, 0.3) is 28.0 Å². The summed E-state index contributed by atoms with van der Waals surface area (Å²) in [5.74, 6) is -0.391. The first-order chi connectivity index (χ1) is 18.9. The molecule has 0 saturated heterocycles. The predicted molar refractivity (Wildman–Crippen MR) is 154 cm³/mol. The minimum atomic E-state index is -0.499. The molecule has 2 aromatic carbocycles. The number of carbonyl (C=O) groups excluding carboxylic acids is 1. The molecule has 5 rings (SSSR count). The molecular weight excluding hydrogens is 515 g/mol. The number of carbonyl (C=O) groups is 1. The lowest BCUT2D eigenvalue weighted by Gasteiger charge is -2.22. The largest absolute Gasteiger partial charge is 0.387 e. The number of nitrogens with two attached hydrogens (primary N) is 1. The smallest absolute Gasteiger partial charge is 0.275 e. The lowest BCUT2D eigenvalue weighted by Crippen LogP contribution is -2.34. The van der Waals surface area contributed by atoms with Gasteiger partial charge in [-0.05, 0) is 54.3 Å². The molecule has 0 spiro atoms. The first-order valence-corrected chi connectivity index (χ1v) is 13.8. The number of hydrogen-bond donors (Lipinski definition) is 1. The van der Waals surface area contributed by atoms with Crippen molar-refractivity contribution < 1.29 is 9.18 Å². The summed E-state index contributed by atoms with van der Waals surface area (Å²) in [6, 6.07) is 8.48. The van der Waals surface area contributed by atoms with E-state index in [9.17, 15) is 9.59 Å². The number of rotatable bonds is 8. The average Bonchev–Trinajstić information content (AvgIpc) is 3.37. The third-order valence-corrected chi connectivity index (χ3v) is 7.33. The fraction of sp³-hybridized carbons (Fsp3) is 0.276. The van der Waals surface area contributed by atoms with Gasteiger partial charge in [0.05, 0.1) is 23.8 Å². The zero-order valence-electron chi connectivity index (χ0n) is 21.9. The van der Waals surface area contributed by atoms with Crippen LogP contribution in [0.2, 0.25) is 0 Å². The van der Waals surface area contributed by atoms with E-state index < -0.39 is 5.82 Å². The number of halogens is 1. The summed E-state index contributed by atoms with van der Waals surface area (Å²) in [5.41, 5.74) is 8.28. The fourth-order valence-electron chi connectivity index (χ4n) is 4.75. The standard InChI is InChI=1S/C29H29FN6O2S/c1-3-8-35(9-4-2)28(37)20-12-23-24(30)13-19(14-25(23)34-26(31)15-20)18-5-6-22-21(11-18)16-33-36(29(22)38)17-27-32-7-10-39-27/h5-7,10-14,16H,3-4,8-9,15,17H2,1-2H3,(H2,31,34). The molecule has 0 atom stereocenters. The van der Waals surface area contributed by atoms with E-state index in [-0.39, 0.29) is 29.3 Å². The summed E-state index contributed by atoms with van der Waals surface area (Å²) in [7, 11) is 0. The van der Waals surface area contributed by atoms with E-state index in [2.05, 4.69) is 15.1 Å². The number of aromatic nitrogens is 3. The van der Waals surface area contributed by atoms with Crippen molar-refractivity contribution in [3.8, 4) is 11.1 Å². The number of thiazole rings is 1. The van der Waals surface area contributed by atoms with Crippen molar-refractivity contribution in [2.75, 3.05) is 13.1 Å². The molecule has 2 aromatic heterocycles. The Labute approximate surface area is 229 Å². The maximum absolute atomic E-state index is 15.5. The van der Waals surface area contributed by atoms with Crippen LogP contribution in [0.3, 0.4) is 0 Å². The molecule has 8 nitrogen and oxygen atoms in total. The molecule has 0 aliphatic carbocycles. The summed E-state index contributed by atoms with van der Waals surface area (Å²) in [6.45, 7) is 5.59. The van der Waals surface area contributed by atoms with Gasteiger partial charge in [0.15, 0.2) is 0 Å². The van der Waals surface area contributed by atoms with Crippen LogP contribution in [0, 0.1) is 5.82 Å². The molecule has 0 unspecified atom stereocenters.